The summed E-state index contributed by atoms with van der Waals surface area (Å²) in [6.07, 6.45) is 2.53. The molecule has 4 nitrogen and oxygen atoms in total. The summed E-state index contributed by atoms with van der Waals surface area (Å²) in [6, 6.07) is 3.78. The maximum absolute atomic E-state index is 9.56. The normalized spacial score (nSPS) is 22.2. The minimum absolute atomic E-state index is 0.250. The van der Waals surface area contributed by atoms with Crippen LogP contribution in [-0.2, 0) is 0 Å². The van der Waals surface area contributed by atoms with E-state index >= 15 is 0 Å². The topological polar surface area (TPSA) is 45.6 Å². The summed E-state index contributed by atoms with van der Waals surface area (Å²) < 4.78 is 5.29. The Morgan fingerprint density at radius 1 is 1.62 bits per heavy atom. The highest BCUT2D eigenvalue weighted by Crippen LogP contribution is 2.30. The minimum Gasteiger partial charge on any atom is -0.493 e. The molecule has 0 aromatic carbocycles. The SMILES string of the molecule is COc1cccnc1N1CCC(C(C)O)C1. The molecule has 1 N–H and O–H groups in total. The number of hydrogen-bond donors (Lipinski definition) is 1. The Hall–Kier alpha value is -1.29. The lowest BCUT2D eigenvalue weighted by atomic mass is 10.0. The Morgan fingerprint density at radius 2 is 2.44 bits per heavy atom. The van der Waals surface area contributed by atoms with Crippen LogP contribution in [0.2, 0.25) is 0 Å². The second-order valence-corrected chi connectivity index (χ2v) is 4.26. The number of rotatable bonds is 3. The van der Waals surface area contributed by atoms with E-state index in [-0.39, 0.29) is 6.10 Å². The fourth-order valence-electron chi connectivity index (χ4n) is 2.15. The van der Waals surface area contributed by atoms with Crippen LogP contribution in [0.15, 0.2) is 18.3 Å². The van der Waals surface area contributed by atoms with E-state index in [2.05, 4.69) is 9.88 Å². The van der Waals surface area contributed by atoms with Gasteiger partial charge in [-0.1, -0.05) is 0 Å². The molecule has 0 radical (unpaired) electrons. The molecule has 2 atom stereocenters. The van der Waals surface area contributed by atoms with E-state index < -0.39 is 0 Å². The second-order valence-electron chi connectivity index (χ2n) is 4.26. The largest absolute Gasteiger partial charge is 0.493 e. The van der Waals surface area contributed by atoms with Gasteiger partial charge in [-0.25, -0.2) is 4.98 Å². The molecule has 4 heteroatoms. The highest BCUT2D eigenvalue weighted by atomic mass is 16.5. The molecule has 1 aliphatic rings. The lowest BCUT2D eigenvalue weighted by molar-refractivity contribution is 0.136. The number of ether oxygens (including phenoxy) is 1. The highest BCUT2D eigenvalue weighted by Gasteiger charge is 2.28. The fourth-order valence-corrected chi connectivity index (χ4v) is 2.15. The van der Waals surface area contributed by atoms with E-state index in [4.69, 9.17) is 4.74 Å². The molecule has 0 saturated carbocycles. The Kier molecular flexibility index (Phi) is 3.29. The van der Waals surface area contributed by atoms with Gasteiger partial charge in [-0.2, -0.15) is 0 Å². The molecule has 2 rings (SSSR count). The van der Waals surface area contributed by atoms with E-state index in [9.17, 15) is 5.11 Å². The molecule has 1 saturated heterocycles. The van der Waals surface area contributed by atoms with Crippen LogP contribution in [0, 0.1) is 5.92 Å². The molecule has 2 unspecified atom stereocenters. The van der Waals surface area contributed by atoms with Crippen molar-refractivity contribution in [1.29, 1.82) is 0 Å². The Morgan fingerprint density at radius 3 is 3.06 bits per heavy atom. The van der Waals surface area contributed by atoms with Crippen molar-refractivity contribution in [3.63, 3.8) is 0 Å². The van der Waals surface area contributed by atoms with Crippen LogP contribution in [0.5, 0.6) is 5.75 Å². The van der Waals surface area contributed by atoms with Gasteiger partial charge in [0.25, 0.3) is 0 Å². The van der Waals surface area contributed by atoms with Gasteiger partial charge in [-0.05, 0) is 25.5 Å². The molecule has 1 aromatic rings. The predicted molar refractivity (Wildman–Crippen MR) is 62.8 cm³/mol. The zero-order valence-corrected chi connectivity index (χ0v) is 9.76. The fraction of sp³-hybridized carbons (Fsp3) is 0.583. The van der Waals surface area contributed by atoms with Gasteiger partial charge in [0, 0.05) is 25.2 Å². The van der Waals surface area contributed by atoms with Crippen molar-refractivity contribution in [2.24, 2.45) is 5.92 Å². The van der Waals surface area contributed by atoms with E-state index in [1.54, 1.807) is 13.3 Å². The van der Waals surface area contributed by atoms with Crippen LogP contribution in [0.4, 0.5) is 5.82 Å². The van der Waals surface area contributed by atoms with Gasteiger partial charge in [0.1, 0.15) is 0 Å². The van der Waals surface area contributed by atoms with Gasteiger partial charge in [0.15, 0.2) is 11.6 Å². The van der Waals surface area contributed by atoms with E-state index in [0.717, 1.165) is 31.1 Å². The molecular weight excluding hydrogens is 204 g/mol. The molecule has 0 aliphatic carbocycles. The number of anilines is 1. The lowest BCUT2D eigenvalue weighted by Crippen LogP contribution is -2.24. The Labute approximate surface area is 95.9 Å². The monoisotopic (exact) mass is 222 g/mol. The Balaban J connectivity index is 2.14. The number of aliphatic hydroxyl groups is 1. The van der Waals surface area contributed by atoms with Crippen LogP contribution < -0.4 is 9.64 Å². The number of pyridine rings is 1. The third-order valence-electron chi connectivity index (χ3n) is 3.18. The zero-order chi connectivity index (χ0) is 11.5. The van der Waals surface area contributed by atoms with Crippen LogP contribution in [0.3, 0.4) is 0 Å². The van der Waals surface area contributed by atoms with Crippen LogP contribution in [-0.4, -0.2) is 36.4 Å². The van der Waals surface area contributed by atoms with Crippen molar-refractivity contribution in [1.82, 2.24) is 4.98 Å². The highest BCUT2D eigenvalue weighted by molar-refractivity contribution is 5.52. The smallest absolute Gasteiger partial charge is 0.171 e. The summed E-state index contributed by atoms with van der Waals surface area (Å²) in [7, 11) is 1.66. The quantitative estimate of drug-likeness (QED) is 0.837. The number of aliphatic hydroxyl groups excluding tert-OH is 1. The molecule has 0 amide bonds. The van der Waals surface area contributed by atoms with Gasteiger partial charge in [0.05, 0.1) is 13.2 Å². The van der Waals surface area contributed by atoms with Gasteiger partial charge >= 0.3 is 0 Å². The Bertz CT molecular complexity index is 355. The molecule has 88 valence electrons. The second kappa shape index (κ2) is 4.70. The van der Waals surface area contributed by atoms with Gasteiger partial charge in [-0.3, -0.25) is 0 Å². The summed E-state index contributed by atoms with van der Waals surface area (Å²) >= 11 is 0. The lowest BCUT2D eigenvalue weighted by Gasteiger charge is -2.20. The van der Waals surface area contributed by atoms with Crippen molar-refractivity contribution >= 4 is 5.82 Å². The van der Waals surface area contributed by atoms with Crippen LogP contribution >= 0.6 is 0 Å². The number of aromatic nitrogens is 1. The predicted octanol–water partition coefficient (Wildman–Crippen LogP) is 1.30. The molecule has 0 spiro atoms. The van der Waals surface area contributed by atoms with E-state index in [1.807, 2.05) is 19.1 Å². The third-order valence-corrected chi connectivity index (χ3v) is 3.18. The molecule has 2 heterocycles. The molecule has 1 aromatic heterocycles. The summed E-state index contributed by atoms with van der Waals surface area (Å²) in [6.45, 7) is 3.64. The minimum atomic E-state index is -0.250. The van der Waals surface area contributed by atoms with E-state index in [0.29, 0.717) is 5.92 Å². The first kappa shape index (κ1) is 11.2. The molecule has 1 fully saturated rings. The first-order valence-electron chi connectivity index (χ1n) is 5.64. The summed E-state index contributed by atoms with van der Waals surface area (Å²) in [5.74, 6) is 2.02. The number of methoxy groups -OCH3 is 1. The maximum atomic E-state index is 9.56. The first-order chi connectivity index (χ1) is 7.72. The first-order valence-corrected chi connectivity index (χ1v) is 5.64. The van der Waals surface area contributed by atoms with Crippen molar-refractivity contribution in [3.8, 4) is 5.75 Å². The van der Waals surface area contributed by atoms with Gasteiger partial charge < -0.3 is 14.7 Å². The molecule has 16 heavy (non-hydrogen) atoms. The maximum Gasteiger partial charge on any atom is 0.171 e. The molecule has 0 bridgehead atoms. The summed E-state index contributed by atoms with van der Waals surface area (Å²) in [5.41, 5.74) is 0. The van der Waals surface area contributed by atoms with Crippen molar-refractivity contribution in [2.75, 3.05) is 25.1 Å². The average Bonchev–Trinajstić information content (AvgIpc) is 2.78. The van der Waals surface area contributed by atoms with Crippen molar-refractivity contribution in [2.45, 2.75) is 19.4 Å². The third kappa shape index (κ3) is 2.11. The molecular formula is C12H18N2O2. The zero-order valence-electron chi connectivity index (χ0n) is 9.76. The molecule has 1 aliphatic heterocycles. The van der Waals surface area contributed by atoms with Crippen LogP contribution in [0.25, 0.3) is 0 Å². The summed E-state index contributed by atoms with van der Waals surface area (Å²) in [4.78, 5) is 6.52. The van der Waals surface area contributed by atoms with Crippen LogP contribution in [0.1, 0.15) is 13.3 Å². The average molecular weight is 222 g/mol. The van der Waals surface area contributed by atoms with Crippen molar-refractivity contribution < 1.29 is 9.84 Å². The van der Waals surface area contributed by atoms with Crippen molar-refractivity contribution in [3.05, 3.63) is 18.3 Å². The van der Waals surface area contributed by atoms with Gasteiger partial charge in [-0.15, -0.1) is 0 Å². The number of hydrogen-bond acceptors (Lipinski definition) is 4. The number of nitrogens with zero attached hydrogens (tertiary/aromatic N) is 2. The summed E-state index contributed by atoms with van der Waals surface area (Å²) in [5, 5.41) is 9.56. The standard InChI is InChI=1S/C12H18N2O2/c1-9(15)10-5-7-14(8-10)12-11(16-2)4-3-6-13-12/h3-4,6,9-10,15H,5,7-8H2,1-2H3. The van der Waals surface area contributed by atoms with Gasteiger partial charge in [0.2, 0.25) is 0 Å². The van der Waals surface area contributed by atoms with E-state index in [1.165, 1.54) is 0 Å².